The Morgan fingerprint density at radius 3 is 2.45 bits per heavy atom. The van der Waals surface area contributed by atoms with Crippen LogP contribution in [-0.4, -0.2) is 36.3 Å². The fourth-order valence-corrected chi connectivity index (χ4v) is 2.78. The first-order valence-electron chi connectivity index (χ1n) is 7.86. The van der Waals surface area contributed by atoms with Gasteiger partial charge in [0.25, 0.3) is 0 Å². The third-order valence-electron chi connectivity index (χ3n) is 4.03. The van der Waals surface area contributed by atoms with Crippen LogP contribution in [0.4, 0.5) is 0 Å². The van der Waals surface area contributed by atoms with E-state index < -0.39 is 0 Å². The Morgan fingerprint density at radius 2 is 1.82 bits per heavy atom. The lowest BCUT2D eigenvalue weighted by Crippen LogP contribution is -2.43. The zero-order chi connectivity index (χ0) is 15.9. The lowest BCUT2D eigenvalue weighted by Gasteiger charge is -2.27. The van der Waals surface area contributed by atoms with Crippen LogP contribution < -0.4 is 5.32 Å². The molecule has 1 N–H and O–H groups in total. The summed E-state index contributed by atoms with van der Waals surface area (Å²) in [4.78, 5) is 26.0. The summed E-state index contributed by atoms with van der Waals surface area (Å²) in [6.07, 6.45) is 3.95. The van der Waals surface area contributed by atoms with Gasteiger partial charge in [0.05, 0.1) is 6.54 Å². The number of halogens is 1. The quantitative estimate of drug-likeness (QED) is 0.906. The molecule has 5 heteroatoms. The van der Waals surface area contributed by atoms with Gasteiger partial charge in [-0.2, -0.15) is 0 Å². The van der Waals surface area contributed by atoms with Gasteiger partial charge in [0.15, 0.2) is 0 Å². The summed E-state index contributed by atoms with van der Waals surface area (Å²) in [6, 6.07) is 7.48. The van der Waals surface area contributed by atoms with E-state index in [0.717, 1.165) is 31.5 Å². The normalized spacial score (nSPS) is 16.2. The summed E-state index contributed by atoms with van der Waals surface area (Å²) in [6.45, 7) is 3.60. The van der Waals surface area contributed by atoms with E-state index in [0.29, 0.717) is 11.4 Å². The van der Waals surface area contributed by atoms with Gasteiger partial charge in [-0.05, 0) is 43.4 Å². The van der Waals surface area contributed by atoms with Gasteiger partial charge in [-0.1, -0.05) is 30.7 Å². The van der Waals surface area contributed by atoms with Gasteiger partial charge >= 0.3 is 0 Å². The van der Waals surface area contributed by atoms with Crippen molar-refractivity contribution in [1.82, 2.24) is 10.2 Å². The first-order chi connectivity index (χ1) is 10.6. The van der Waals surface area contributed by atoms with Crippen LogP contribution in [0.15, 0.2) is 24.3 Å². The standard InChI is InChI=1S/C17H23ClN2O2/c1-13(11-14-5-7-15(18)8-6-14)17(22)19-12-16(21)20-9-3-2-4-10-20/h5-8,13H,2-4,9-12H2,1H3,(H,19,22). The molecular weight excluding hydrogens is 300 g/mol. The van der Waals surface area contributed by atoms with Gasteiger partial charge < -0.3 is 10.2 Å². The number of hydrogen-bond donors (Lipinski definition) is 1. The van der Waals surface area contributed by atoms with Crippen molar-refractivity contribution in [1.29, 1.82) is 0 Å². The number of amides is 2. The summed E-state index contributed by atoms with van der Waals surface area (Å²) in [5.41, 5.74) is 1.06. The third kappa shape index (κ3) is 5.02. The van der Waals surface area contributed by atoms with E-state index in [4.69, 9.17) is 11.6 Å². The minimum Gasteiger partial charge on any atom is -0.347 e. The van der Waals surface area contributed by atoms with E-state index in [1.807, 2.05) is 36.1 Å². The summed E-state index contributed by atoms with van der Waals surface area (Å²) < 4.78 is 0. The molecule has 1 heterocycles. The van der Waals surface area contributed by atoms with Crippen molar-refractivity contribution in [3.8, 4) is 0 Å². The highest BCUT2D eigenvalue weighted by atomic mass is 35.5. The van der Waals surface area contributed by atoms with Crippen LogP contribution in [0.5, 0.6) is 0 Å². The molecule has 0 aromatic heterocycles. The maximum Gasteiger partial charge on any atom is 0.241 e. The lowest BCUT2D eigenvalue weighted by molar-refractivity contribution is -0.134. The number of likely N-dealkylation sites (tertiary alicyclic amines) is 1. The molecule has 0 aliphatic carbocycles. The summed E-state index contributed by atoms with van der Waals surface area (Å²) >= 11 is 5.85. The fraction of sp³-hybridized carbons (Fsp3) is 0.529. The van der Waals surface area contributed by atoms with Gasteiger partial charge in [-0.15, -0.1) is 0 Å². The number of nitrogens with one attached hydrogen (secondary N) is 1. The third-order valence-corrected chi connectivity index (χ3v) is 4.28. The van der Waals surface area contributed by atoms with Crippen molar-refractivity contribution in [2.75, 3.05) is 19.6 Å². The molecule has 1 aliphatic rings. The maximum absolute atomic E-state index is 12.1. The maximum atomic E-state index is 12.1. The number of rotatable bonds is 5. The topological polar surface area (TPSA) is 49.4 Å². The molecule has 1 aromatic rings. The molecule has 0 bridgehead atoms. The average molecular weight is 323 g/mol. The molecule has 2 rings (SSSR count). The smallest absolute Gasteiger partial charge is 0.241 e. The number of carbonyl (C=O) groups excluding carboxylic acids is 2. The molecule has 0 radical (unpaired) electrons. The number of nitrogens with zero attached hydrogens (tertiary/aromatic N) is 1. The molecule has 1 aromatic carbocycles. The molecule has 1 atom stereocenters. The van der Waals surface area contributed by atoms with Crippen molar-refractivity contribution < 1.29 is 9.59 Å². The molecular formula is C17H23ClN2O2. The number of hydrogen-bond acceptors (Lipinski definition) is 2. The van der Waals surface area contributed by atoms with E-state index >= 15 is 0 Å². The van der Waals surface area contributed by atoms with Crippen LogP contribution in [0.1, 0.15) is 31.7 Å². The summed E-state index contributed by atoms with van der Waals surface area (Å²) in [7, 11) is 0. The Balaban J connectivity index is 1.76. The molecule has 2 amide bonds. The van der Waals surface area contributed by atoms with E-state index in [-0.39, 0.29) is 24.3 Å². The second kappa shape index (κ2) is 8.18. The van der Waals surface area contributed by atoms with E-state index in [9.17, 15) is 9.59 Å². The predicted octanol–water partition coefficient (Wildman–Crippen LogP) is 2.65. The molecule has 4 nitrogen and oxygen atoms in total. The summed E-state index contributed by atoms with van der Waals surface area (Å²) in [5, 5.41) is 3.44. The van der Waals surface area contributed by atoms with E-state index in [2.05, 4.69) is 5.32 Å². The SMILES string of the molecule is CC(Cc1ccc(Cl)cc1)C(=O)NCC(=O)N1CCCCC1. The Labute approximate surface area is 136 Å². The largest absolute Gasteiger partial charge is 0.347 e. The first kappa shape index (κ1) is 16.8. The van der Waals surface area contributed by atoms with Gasteiger partial charge in [0, 0.05) is 24.0 Å². The fourth-order valence-electron chi connectivity index (χ4n) is 2.66. The Hall–Kier alpha value is -1.55. The number of benzene rings is 1. The minimum absolute atomic E-state index is 0.0201. The van der Waals surface area contributed by atoms with Crippen LogP contribution in [0, 0.1) is 5.92 Å². The Bertz CT molecular complexity index is 510. The Kier molecular flexibility index (Phi) is 6.25. The van der Waals surface area contributed by atoms with Gasteiger partial charge in [0.2, 0.25) is 11.8 Å². The van der Waals surface area contributed by atoms with Gasteiger partial charge in [0.1, 0.15) is 0 Å². The zero-order valence-corrected chi connectivity index (χ0v) is 13.7. The second-order valence-corrected chi connectivity index (χ2v) is 6.33. The van der Waals surface area contributed by atoms with Crippen molar-refractivity contribution in [3.05, 3.63) is 34.9 Å². The van der Waals surface area contributed by atoms with Crippen molar-refractivity contribution in [2.24, 2.45) is 5.92 Å². The van der Waals surface area contributed by atoms with Crippen LogP contribution in [0.25, 0.3) is 0 Å². The van der Waals surface area contributed by atoms with Crippen LogP contribution in [-0.2, 0) is 16.0 Å². The molecule has 1 unspecified atom stereocenters. The van der Waals surface area contributed by atoms with Gasteiger partial charge in [-0.3, -0.25) is 9.59 Å². The van der Waals surface area contributed by atoms with Crippen molar-refractivity contribution >= 4 is 23.4 Å². The molecule has 22 heavy (non-hydrogen) atoms. The molecule has 1 saturated heterocycles. The second-order valence-electron chi connectivity index (χ2n) is 5.89. The predicted molar refractivity (Wildman–Crippen MR) is 87.8 cm³/mol. The number of piperidine rings is 1. The molecule has 1 fully saturated rings. The van der Waals surface area contributed by atoms with Gasteiger partial charge in [-0.25, -0.2) is 0 Å². The van der Waals surface area contributed by atoms with Crippen LogP contribution >= 0.6 is 11.6 Å². The zero-order valence-electron chi connectivity index (χ0n) is 13.0. The minimum atomic E-state index is -0.171. The lowest BCUT2D eigenvalue weighted by atomic mass is 10.0. The van der Waals surface area contributed by atoms with Crippen molar-refractivity contribution in [3.63, 3.8) is 0 Å². The monoisotopic (exact) mass is 322 g/mol. The first-order valence-corrected chi connectivity index (χ1v) is 8.24. The molecule has 0 saturated carbocycles. The molecule has 1 aliphatic heterocycles. The molecule has 120 valence electrons. The number of carbonyl (C=O) groups is 2. The van der Waals surface area contributed by atoms with E-state index in [1.54, 1.807) is 0 Å². The van der Waals surface area contributed by atoms with E-state index in [1.165, 1.54) is 6.42 Å². The molecule has 0 spiro atoms. The Morgan fingerprint density at radius 1 is 1.18 bits per heavy atom. The highest BCUT2D eigenvalue weighted by molar-refractivity contribution is 6.30. The highest BCUT2D eigenvalue weighted by Gasteiger charge is 2.19. The summed E-state index contributed by atoms with van der Waals surface area (Å²) in [5.74, 6) is -0.234. The van der Waals surface area contributed by atoms with Crippen LogP contribution in [0.2, 0.25) is 5.02 Å². The average Bonchev–Trinajstić information content (AvgIpc) is 2.55. The highest BCUT2D eigenvalue weighted by Crippen LogP contribution is 2.13. The van der Waals surface area contributed by atoms with Crippen molar-refractivity contribution in [2.45, 2.75) is 32.6 Å². The van der Waals surface area contributed by atoms with Crippen LogP contribution in [0.3, 0.4) is 0 Å².